The summed E-state index contributed by atoms with van der Waals surface area (Å²) >= 11 is 0. The van der Waals surface area contributed by atoms with Crippen LogP contribution in [0.2, 0.25) is 0 Å². The summed E-state index contributed by atoms with van der Waals surface area (Å²) in [7, 11) is 2.00. The lowest BCUT2D eigenvalue weighted by atomic mass is 10.3. The van der Waals surface area contributed by atoms with Crippen LogP contribution in [-0.4, -0.2) is 39.8 Å². The molecule has 0 aromatic rings. The van der Waals surface area contributed by atoms with Gasteiger partial charge in [-0.15, -0.1) is 0 Å². The van der Waals surface area contributed by atoms with Crippen molar-refractivity contribution in [3.05, 3.63) is 0 Å². The van der Waals surface area contributed by atoms with Gasteiger partial charge < -0.3 is 16.0 Å². The predicted octanol–water partition coefficient (Wildman–Crippen LogP) is 0.575. The number of nitrogens with one attached hydrogen (secondary N) is 3. The van der Waals surface area contributed by atoms with Gasteiger partial charge in [-0.05, 0) is 59.0 Å². The number of unbranched alkanes of at least 4 members (excludes halogenated alkanes) is 1. The molecule has 13 heavy (non-hydrogen) atoms. The third-order valence-electron chi connectivity index (χ3n) is 1.99. The normalized spacial score (nSPS) is 10.6. The Bertz CT molecular complexity index is 76.2. The lowest BCUT2D eigenvalue weighted by molar-refractivity contribution is 0.574. The topological polar surface area (TPSA) is 36.1 Å². The Labute approximate surface area is 82.7 Å². The van der Waals surface area contributed by atoms with E-state index in [-0.39, 0.29) is 0 Å². The molecule has 0 aliphatic rings. The van der Waals surface area contributed by atoms with Crippen LogP contribution in [0, 0.1) is 0 Å². The molecule has 0 saturated carbocycles. The lowest BCUT2D eigenvalue weighted by Crippen LogP contribution is -2.22. The molecule has 0 saturated heterocycles. The first-order valence-electron chi connectivity index (χ1n) is 5.47. The van der Waals surface area contributed by atoms with Gasteiger partial charge in [0.05, 0.1) is 0 Å². The standard InChI is InChI=1S/C10H25N3/c1-3-12-8-4-5-9-13-10-6-7-11-2/h11-13H,3-10H2,1-2H3. The van der Waals surface area contributed by atoms with Crippen molar-refractivity contribution in [1.82, 2.24) is 16.0 Å². The SMILES string of the molecule is CCNCCCCNCCCNC. The predicted molar refractivity (Wildman–Crippen MR) is 59.2 cm³/mol. The molecule has 3 nitrogen and oxygen atoms in total. The highest BCUT2D eigenvalue weighted by atomic mass is 14.9. The Morgan fingerprint density at radius 3 is 2.00 bits per heavy atom. The summed E-state index contributed by atoms with van der Waals surface area (Å²) in [6.07, 6.45) is 3.79. The summed E-state index contributed by atoms with van der Waals surface area (Å²) in [6.45, 7) is 7.82. The molecule has 0 heterocycles. The highest BCUT2D eigenvalue weighted by Crippen LogP contribution is 1.84. The number of rotatable bonds is 10. The van der Waals surface area contributed by atoms with Crippen LogP contribution in [0.25, 0.3) is 0 Å². The van der Waals surface area contributed by atoms with Crippen LogP contribution in [0.3, 0.4) is 0 Å². The van der Waals surface area contributed by atoms with Gasteiger partial charge >= 0.3 is 0 Å². The Morgan fingerprint density at radius 2 is 1.38 bits per heavy atom. The van der Waals surface area contributed by atoms with Gasteiger partial charge in [0, 0.05) is 0 Å². The summed E-state index contributed by atoms with van der Waals surface area (Å²) in [5, 5.41) is 9.89. The van der Waals surface area contributed by atoms with Gasteiger partial charge in [0.1, 0.15) is 0 Å². The minimum atomic E-state index is 1.09. The van der Waals surface area contributed by atoms with E-state index in [9.17, 15) is 0 Å². The van der Waals surface area contributed by atoms with Gasteiger partial charge in [-0.25, -0.2) is 0 Å². The maximum atomic E-state index is 3.43. The molecule has 0 spiro atoms. The first-order valence-corrected chi connectivity index (χ1v) is 5.47. The average Bonchev–Trinajstić information content (AvgIpc) is 2.16. The Morgan fingerprint density at radius 1 is 0.769 bits per heavy atom. The van der Waals surface area contributed by atoms with E-state index in [1.165, 1.54) is 19.3 Å². The van der Waals surface area contributed by atoms with Gasteiger partial charge in [-0.3, -0.25) is 0 Å². The van der Waals surface area contributed by atoms with Crippen LogP contribution in [-0.2, 0) is 0 Å². The second-order valence-electron chi connectivity index (χ2n) is 3.27. The smallest absolute Gasteiger partial charge is 0.00368 e. The van der Waals surface area contributed by atoms with Crippen LogP contribution >= 0.6 is 0 Å². The molecular weight excluding hydrogens is 162 g/mol. The molecule has 0 aromatic carbocycles. The fraction of sp³-hybridized carbons (Fsp3) is 1.00. The molecule has 0 rings (SSSR count). The zero-order valence-corrected chi connectivity index (χ0v) is 9.16. The van der Waals surface area contributed by atoms with E-state index in [4.69, 9.17) is 0 Å². The molecule has 0 radical (unpaired) electrons. The fourth-order valence-electron chi connectivity index (χ4n) is 1.19. The highest BCUT2D eigenvalue weighted by molar-refractivity contribution is 4.51. The number of hydrogen-bond acceptors (Lipinski definition) is 3. The van der Waals surface area contributed by atoms with Crippen molar-refractivity contribution in [1.29, 1.82) is 0 Å². The van der Waals surface area contributed by atoms with E-state index in [1.807, 2.05) is 7.05 Å². The molecule has 0 bridgehead atoms. The van der Waals surface area contributed by atoms with Crippen molar-refractivity contribution in [2.45, 2.75) is 26.2 Å². The van der Waals surface area contributed by atoms with Crippen molar-refractivity contribution < 1.29 is 0 Å². The maximum absolute atomic E-state index is 3.43. The van der Waals surface area contributed by atoms with E-state index in [0.717, 1.165) is 32.7 Å². The summed E-state index contributed by atoms with van der Waals surface area (Å²) in [5.41, 5.74) is 0. The monoisotopic (exact) mass is 187 g/mol. The van der Waals surface area contributed by atoms with Crippen LogP contribution < -0.4 is 16.0 Å². The van der Waals surface area contributed by atoms with Gasteiger partial charge in [0.15, 0.2) is 0 Å². The van der Waals surface area contributed by atoms with Gasteiger partial charge in [0.2, 0.25) is 0 Å². The molecule has 3 N–H and O–H groups in total. The largest absolute Gasteiger partial charge is 0.320 e. The zero-order chi connectivity index (χ0) is 9.78. The summed E-state index contributed by atoms with van der Waals surface area (Å²) in [4.78, 5) is 0. The van der Waals surface area contributed by atoms with E-state index >= 15 is 0 Å². The molecule has 3 heteroatoms. The zero-order valence-electron chi connectivity index (χ0n) is 9.16. The molecule has 0 aliphatic carbocycles. The molecule has 0 fully saturated rings. The van der Waals surface area contributed by atoms with E-state index in [2.05, 4.69) is 22.9 Å². The molecular formula is C10H25N3. The highest BCUT2D eigenvalue weighted by Gasteiger charge is 1.88. The van der Waals surface area contributed by atoms with Gasteiger partial charge in [-0.2, -0.15) is 0 Å². The van der Waals surface area contributed by atoms with Crippen LogP contribution in [0.15, 0.2) is 0 Å². The molecule has 0 aromatic heterocycles. The van der Waals surface area contributed by atoms with Crippen LogP contribution in [0.1, 0.15) is 26.2 Å². The average molecular weight is 187 g/mol. The second kappa shape index (κ2) is 11.9. The van der Waals surface area contributed by atoms with Crippen molar-refractivity contribution in [2.75, 3.05) is 39.8 Å². The third kappa shape index (κ3) is 11.9. The van der Waals surface area contributed by atoms with Gasteiger partial charge in [-0.1, -0.05) is 6.92 Å². The minimum Gasteiger partial charge on any atom is -0.320 e. The lowest BCUT2D eigenvalue weighted by Gasteiger charge is -2.04. The van der Waals surface area contributed by atoms with Crippen molar-refractivity contribution in [3.8, 4) is 0 Å². The summed E-state index contributed by atoms with van der Waals surface area (Å²) < 4.78 is 0. The van der Waals surface area contributed by atoms with E-state index in [0.29, 0.717) is 0 Å². The molecule has 0 aliphatic heterocycles. The quantitative estimate of drug-likeness (QED) is 0.438. The molecule has 0 atom stereocenters. The van der Waals surface area contributed by atoms with Gasteiger partial charge in [0.25, 0.3) is 0 Å². The Hall–Kier alpha value is -0.120. The first-order chi connectivity index (χ1) is 6.41. The second-order valence-corrected chi connectivity index (χ2v) is 3.27. The van der Waals surface area contributed by atoms with Crippen molar-refractivity contribution >= 4 is 0 Å². The first kappa shape index (κ1) is 12.9. The maximum Gasteiger partial charge on any atom is -0.00368 e. The van der Waals surface area contributed by atoms with Crippen LogP contribution in [0.4, 0.5) is 0 Å². The Kier molecular flexibility index (Phi) is 11.8. The summed E-state index contributed by atoms with van der Waals surface area (Å²) in [5.74, 6) is 0. The Balaban J connectivity index is 2.76. The third-order valence-corrected chi connectivity index (χ3v) is 1.99. The number of hydrogen-bond donors (Lipinski definition) is 3. The van der Waals surface area contributed by atoms with Crippen LogP contribution in [0.5, 0.6) is 0 Å². The van der Waals surface area contributed by atoms with Crippen molar-refractivity contribution in [2.24, 2.45) is 0 Å². The summed E-state index contributed by atoms with van der Waals surface area (Å²) in [6, 6.07) is 0. The minimum absolute atomic E-state index is 1.09. The fourth-order valence-corrected chi connectivity index (χ4v) is 1.19. The van der Waals surface area contributed by atoms with E-state index in [1.54, 1.807) is 0 Å². The molecule has 0 amide bonds. The molecule has 0 unspecified atom stereocenters. The van der Waals surface area contributed by atoms with E-state index < -0.39 is 0 Å². The van der Waals surface area contributed by atoms with Crippen molar-refractivity contribution in [3.63, 3.8) is 0 Å². The molecule has 80 valence electrons.